The molecule has 1 unspecified atom stereocenters. The van der Waals surface area contributed by atoms with Gasteiger partial charge in [-0.05, 0) is 19.4 Å². The third-order valence-corrected chi connectivity index (χ3v) is 3.41. The Hall–Kier alpha value is -0.450. The molecule has 0 amide bonds. The zero-order valence-corrected chi connectivity index (χ0v) is 8.31. The first-order chi connectivity index (χ1) is 6.35. The summed E-state index contributed by atoms with van der Waals surface area (Å²) in [5.74, 6) is 0. The van der Waals surface area contributed by atoms with E-state index in [2.05, 4.69) is 10.3 Å². The molecule has 0 spiro atoms. The Morgan fingerprint density at radius 3 is 3.15 bits per heavy atom. The smallest absolute Gasteiger partial charge is 0.0794 e. The van der Waals surface area contributed by atoms with Crippen LogP contribution < -0.4 is 5.32 Å². The van der Waals surface area contributed by atoms with Gasteiger partial charge in [-0.2, -0.15) is 0 Å². The molecule has 1 atom stereocenters. The van der Waals surface area contributed by atoms with Crippen molar-refractivity contribution in [1.29, 1.82) is 0 Å². The standard InChI is InChI=1S/C9H14N2OS/c12-6-9(2-1-3-11-9)4-8-5-10-7-13-8/h5,7,11-12H,1-4,6H2. The van der Waals surface area contributed by atoms with Gasteiger partial charge < -0.3 is 10.4 Å². The third kappa shape index (κ3) is 1.90. The summed E-state index contributed by atoms with van der Waals surface area (Å²) in [6, 6.07) is 0. The molecule has 0 bridgehead atoms. The van der Waals surface area contributed by atoms with E-state index < -0.39 is 0 Å². The van der Waals surface area contributed by atoms with Gasteiger partial charge in [0.2, 0.25) is 0 Å². The van der Waals surface area contributed by atoms with Crippen LogP contribution in [0.15, 0.2) is 11.7 Å². The van der Waals surface area contributed by atoms with E-state index in [0.717, 1.165) is 19.4 Å². The predicted molar refractivity (Wildman–Crippen MR) is 52.9 cm³/mol. The predicted octanol–water partition coefficient (Wildman–Crippen LogP) is 0.800. The number of hydrogen-bond donors (Lipinski definition) is 2. The second-order valence-electron chi connectivity index (χ2n) is 3.61. The van der Waals surface area contributed by atoms with Crippen LogP contribution in [0.4, 0.5) is 0 Å². The van der Waals surface area contributed by atoms with E-state index in [0.29, 0.717) is 0 Å². The summed E-state index contributed by atoms with van der Waals surface area (Å²) in [5.41, 5.74) is 1.78. The first-order valence-corrected chi connectivity index (χ1v) is 5.46. The summed E-state index contributed by atoms with van der Waals surface area (Å²) in [6.45, 7) is 1.25. The van der Waals surface area contributed by atoms with Crippen LogP contribution in [-0.4, -0.2) is 28.8 Å². The van der Waals surface area contributed by atoms with Crippen molar-refractivity contribution in [2.24, 2.45) is 0 Å². The topological polar surface area (TPSA) is 45.2 Å². The van der Waals surface area contributed by atoms with E-state index >= 15 is 0 Å². The Balaban J connectivity index is 2.06. The molecule has 2 rings (SSSR count). The van der Waals surface area contributed by atoms with Gasteiger partial charge in [-0.15, -0.1) is 11.3 Å². The lowest BCUT2D eigenvalue weighted by Crippen LogP contribution is -2.45. The first-order valence-electron chi connectivity index (χ1n) is 4.58. The fourth-order valence-electron chi connectivity index (χ4n) is 1.87. The molecule has 72 valence electrons. The molecule has 2 heterocycles. The molecule has 0 aliphatic carbocycles. The van der Waals surface area contributed by atoms with Gasteiger partial charge in [0.1, 0.15) is 0 Å². The molecular formula is C9H14N2OS. The van der Waals surface area contributed by atoms with Crippen molar-refractivity contribution in [3.8, 4) is 0 Å². The number of thiazole rings is 1. The molecule has 1 aromatic rings. The Morgan fingerprint density at radius 2 is 2.62 bits per heavy atom. The van der Waals surface area contributed by atoms with Gasteiger partial charge in [0, 0.05) is 23.0 Å². The molecule has 3 nitrogen and oxygen atoms in total. The first kappa shape index (κ1) is 9.12. The lowest BCUT2D eigenvalue weighted by Gasteiger charge is -2.26. The van der Waals surface area contributed by atoms with Crippen LogP contribution >= 0.6 is 11.3 Å². The Labute approximate surface area is 81.8 Å². The maximum Gasteiger partial charge on any atom is 0.0794 e. The molecule has 2 N–H and O–H groups in total. The van der Waals surface area contributed by atoms with Crippen LogP contribution in [0.1, 0.15) is 17.7 Å². The summed E-state index contributed by atoms with van der Waals surface area (Å²) in [6.07, 6.45) is 5.04. The van der Waals surface area contributed by atoms with Crippen LogP contribution in [0.2, 0.25) is 0 Å². The number of hydrogen-bond acceptors (Lipinski definition) is 4. The van der Waals surface area contributed by atoms with Crippen LogP contribution in [0.3, 0.4) is 0 Å². The molecule has 1 aromatic heterocycles. The van der Waals surface area contributed by atoms with E-state index in [-0.39, 0.29) is 12.1 Å². The summed E-state index contributed by atoms with van der Waals surface area (Å²) in [5, 5.41) is 12.7. The molecule has 0 aromatic carbocycles. The number of aromatic nitrogens is 1. The molecule has 1 saturated heterocycles. The number of nitrogens with one attached hydrogen (secondary N) is 1. The van der Waals surface area contributed by atoms with Gasteiger partial charge in [0.25, 0.3) is 0 Å². The van der Waals surface area contributed by atoms with Crippen molar-refractivity contribution in [3.05, 3.63) is 16.6 Å². The van der Waals surface area contributed by atoms with E-state index in [9.17, 15) is 5.11 Å². The lowest BCUT2D eigenvalue weighted by atomic mass is 9.94. The minimum Gasteiger partial charge on any atom is -0.394 e. The second-order valence-corrected chi connectivity index (χ2v) is 4.58. The largest absolute Gasteiger partial charge is 0.394 e. The number of nitrogens with zero attached hydrogens (tertiary/aromatic N) is 1. The lowest BCUT2D eigenvalue weighted by molar-refractivity contribution is 0.178. The Bertz CT molecular complexity index is 255. The van der Waals surface area contributed by atoms with E-state index in [1.165, 1.54) is 11.3 Å². The van der Waals surface area contributed by atoms with Crippen molar-refractivity contribution in [2.75, 3.05) is 13.2 Å². The molecule has 1 aliphatic rings. The highest BCUT2D eigenvalue weighted by Crippen LogP contribution is 2.24. The van der Waals surface area contributed by atoms with Crippen molar-refractivity contribution in [1.82, 2.24) is 10.3 Å². The van der Waals surface area contributed by atoms with E-state index in [4.69, 9.17) is 0 Å². The second kappa shape index (κ2) is 3.74. The minimum absolute atomic E-state index is 0.0630. The highest BCUT2D eigenvalue weighted by atomic mass is 32.1. The molecule has 1 aliphatic heterocycles. The van der Waals surface area contributed by atoms with Gasteiger partial charge in [-0.25, -0.2) is 0 Å². The zero-order valence-electron chi connectivity index (χ0n) is 7.49. The highest BCUT2D eigenvalue weighted by Gasteiger charge is 2.33. The average Bonchev–Trinajstić information content (AvgIpc) is 2.77. The summed E-state index contributed by atoms with van der Waals surface area (Å²) in [4.78, 5) is 5.29. The van der Waals surface area contributed by atoms with Crippen LogP contribution in [0, 0.1) is 0 Å². The van der Waals surface area contributed by atoms with Gasteiger partial charge in [-0.3, -0.25) is 4.98 Å². The molecule has 0 saturated carbocycles. The van der Waals surface area contributed by atoms with Gasteiger partial charge in [0.05, 0.1) is 12.1 Å². The van der Waals surface area contributed by atoms with Crippen molar-refractivity contribution < 1.29 is 5.11 Å². The maximum atomic E-state index is 9.34. The fourth-order valence-corrected chi connectivity index (χ4v) is 2.61. The highest BCUT2D eigenvalue weighted by molar-refractivity contribution is 7.09. The van der Waals surface area contributed by atoms with E-state index in [1.807, 2.05) is 11.7 Å². The van der Waals surface area contributed by atoms with Crippen LogP contribution in [0.25, 0.3) is 0 Å². The normalized spacial score (nSPS) is 28.1. The monoisotopic (exact) mass is 198 g/mol. The molecule has 0 radical (unpaired) electrons. The molecular weight excluding hydrogens is 184 g/mol. The summed E-state index contributed by atoms with van der Waals surface area (Å²) >= 11 is 1.66. The average molecular weight is 198 g/mol. The van der Waals surface area contributed by atoms with Gasteiger partial charge in [0.15, 0.2) is 0 Å². The van der Waals surface area contributed by atoms with Gasteiger partial charge >= 0.3 is 0 Å². The van der Waals surface area contributed by atoms with E-state index in [1.54, 1.807) is 11.3 Å². The van der Waals surface area contributed by atoms with Crippen molar-refractivity contribution >= 4 is 11.3 Å². The zero-order chi connectivity index (χ0) is 9.15. The number of aliphatic hydroxyl groups is 1. The number of rotatable bonds is 3. The van der Waals surface area contributed by atoms with Gasteiger partial charge in [-0.1, -0.05) is 0 Å². The van der Waals surface area contributed by atoms with Crippen molar-refractivity contribution in [3.63, 3.8) is 0 Å². The quantitative estimate of drug-likeness (QED) is 0.755. The molecule has 1 fully saturated rings. The van der Waals surface area contributed by atoms with Crippen LogP contribution in [-0.2, 0) is 6.42 Å². The maximum absolute atomic E-state index is 9.34. The van der Waals surface area contributed by atoms with Crippen LogP contribution in [0.5, 0.6) is 0 Å². The number of aliphatic hydroxyl groups excluding tert-OH is 1. The third-order valence-electron chi connectivity index (χ3n) is 2.63. The van der Waals surface area contributed by atoms with Crippen molar-refractivity contribution in [2.45, 2.75) is 24.8 Å². The fraction of sp³-hybridized carbons (Fsp3) is 0.667. The minimum atomic E-state index is -0.0630. The molecule has 4 heteroatoms. The summed E-state index contributed by atoms with van der Waals surface area (Å²) < 4.78 is 0. The Kier molecular flexibility index (Phi) is 2.62. The molecule has 13 heavy (non-hydrogen) atoms. The summed E-state index contributed by atoms with van der Waals surface area (Å²) in [7, 11) is 0. The SMILES string of the molecule is OCC1(Cc2cncs2)CCCN1. The Morgan fingerprint density at radius 1 is 1.69 bits per heavy atom.